The van der Waals surface area contributed by atoms with Crippen LogP contribution in [0.15, 0.2) is 24.3 Å². The first-order valence-corrected chi connectivity index (χ1v) is 9.56. The average molecular weight is 360 g/mol. The number of methoxy groups -OCH3 is 1. The maximum atomic E-state index is 12.9. The maximum Gasteiger partial charge on any atom is 0.225 e. The first-order valence-electron chi connectivity index (χ1n) is 9.56. The minimum atomic E-state index is -0.231. The number of piperidine rings is 1. The van der Waals surface area contributed by atoms with Gasteiger partial charge in [-0.05, 0) is 31.2 Å². The number of hydrogen-bond acceptors (Lipinski definition) is 3. The van der Waals surface area contributed by atoms with Crippen LogP contribution in [0.3, 0.4) is 0 Å². The van der Waals surface area contributed by atoms with Crippen molar-refractivity contribution in [2.24, 2.45) is 11.8 Å². The van der Waals surface area contributed by atoms with Crippen LogP contribution in [0.5, 0.6) is 0 Å². The van der Waals surface area contributed by atoms with Gasteiger partial charge in [0.25, 0.3) is 0 Å². The molecule has 1 N–H and O–H groups in total. The first kappa shape index (κ1) is 20.4. The van der Waals surface area contributed by atoms with Crippen LogP contribution in [0.2, 0.25) is 0 Å². The number of nitrogens with one attached hydrogen (secondary N) is 1. The van der Waals surface area contributed by atoms with Gasteiger partial charge in [-0.3, -0.25) is 9.59 Å². The van der Waals surface area contributed by atoms with Crippen LogP contribution in [-0.4, -0.2) is 43.5 Å². The van der Waals surface area contributed by atoms with Gasteiger partial charge in [0.2, 0.25) is 11.8 Å². The molecule has 1 saturated heterocycles. The summed E-state index contributed by atoms with van der Waals surface area (Å²) in [6.45, 7) is 7.98. The summed E-state index contributed by atoms with van der Waals surface area (Å²) in [5.41, 5.74) is 2.18. The topological polar surface area (TPSA) is 58.6 Å². The molecule has 1 aliphatic heterocycles. The second-order valence-corrected chi connectivity index (χ2v) is 7.55. The van der Waals surface area contributed by atoms with E-state index in [0.29, 0.717) is 38.5 Å². The van der Waals surface area contributed by atoms with Gasteiger partial charge in [-0.2, -0.15) is 0 Å². The standard InChI is InChI=1S/C21H32N2O3/c1-15(2)11-12-22-21(25)18-9-10-19(24)23(13-14-26-4)20(18)17-7-5-16(3)6-8-17/h5-8,15,18,20H,9-14H2,1-4H3,(H,22,25). The summed E-state index contributed by atoms with van der Waals surface area (Å²) in [7, 11) is 1.63. The van der Waals surface area contributed by atoms with Gasteiger partial charge < -0.3 is 15.0 Å². The summed E-state index contributed by atoms with van der Waals surface area (Å²) in [5.74, 6) is 0.471. The Bertz CT molecular complexity index is 598. The molecule has 0 aliphatic carbocycles. The van der Waals surface area contributed by atoms with Crippen molar-refractivity contribution in [3.63, 3.8) is 0 Å². The Balaban J connectivity index is 2.23. The van der Waals surface area contributed by atoms with Crippen molar-refractivity contribution < 1.29 is 14.3 Å². The molecule has 5 nitrogen and oxygen atoms in total. The third-order valence-corrected chi connectivity index (χ3v) is 5.02. The number of nitrogens with zero attached hydrogens (tertiary/aromatic N) is 1. The number of ether oxygens (including phenoxy) is 1. The molecule has 2 unspecified atom stereocenters. The Morgan fingerprint density at radius 1 is 1.31 bits per heavy atom. The minimum absolute atomic E-state index is 0.0474. The zero-order valence-corrected chi connectivity index (χ0v) is 16.5. The van der Waals surface area contributed by atoms with Gasteiger partial charge in [-0.1, -0.05) is 43.7 Å². The molecule has 0 saturated carbocycles. The SMILES string of the molecule is COCCN1C(=O)CCC(C(=O)NCCC(C)C)C1c1ccc(C)cc1. The number of benzene rings is 1. The van der Waals surface area contributed by atoms with Gasteiger partial charge in [0, 0.05) is 26.6 Å². The fourth-order valence-corrected chi connectivity index (χ4v) is 3.47. The number of aryl methyl sites for hydroxylation is 1. The van der Waals surface area contributed by atoms with Gasteiger partial charge >= 0.3 is 0 Å². The number of carbonyl (C=O) groups excluding carboxylic acids is 2. The van der Waals surface area contributed by atoms with E-state index >= 15 is 0 Å². The molecule has 0 spiro atoms. The van der Waals surface area contributed by atoms with Gasteiger partial charge in [-0.25, -0.2) is 0 Å². The monoisotopic (exact) mass is 360 g/mol. The summed E-state index contributed by atoms with van der Waals surface area (Å²) in [6.07, 6.45) is 1.96. The molecule has 1 aliphatic rings. The molecule has 1 heterocycles. The highest BCUT2D eigenvalue weighted by molar-refractivity contribution is 5.85. The fraction of sp³-hybridized carbons (Fsp3) is 0.619. The van der Waals surface area contributed by atoms with Crippen molar-refractivity contribution in [3.05, 3.63) is 35.4 Å². The molecule has 0 radical (unpaired) electrons. The number of amides is 2. The van der Waals surface area contributed by atoms with E-state index in [9.17, 15) is 9.59 Å². The quantitative estimate of drug-likeness (QED) is 0.775. The van der Waals surface area contributed by atoms with Crippen LogP contribution >= 0.6 is 0 Å². The molecule has 2 amide bonds. The molecule has 5 heteroatoms. The van der Waals surface area contributed by atoms with E-state index < -0.39 is 0 Å². The lowest BCUT2D eigenvalue weighted by Gasteiger charge is -2.41. The molecule has 26 heavy (non-hydrogen) atoms. The van der Waals surface area contributed by atoms with Gasteiger partial charge in [-0.15, -0.1) is 0 Å². The normalized spacial score (nSPS) is 20.5. The number of likely N-dealkylation sites (tertiary alicyclic amines) is 1. The van der Waals surface area contributed by atoms with Gasteiger partial charge in [0.05, 0.1) is 18.6 Å². The molecule has 2 atom stereocenters. The lowest BCUT2D eigenvalue weighted by Crippen LogP contribution is -2.49. The minimum Gasteiger partial charge on any atom is -0.383 e. The largest absolute Gasteiger partial charge is 0.383 e. The van der Waals surface area contributed by atoms with E-state index in [0.717, 1.165) is 17.5 Å². The van der Waals surface area contributed by atoms with Crippen molar-refractivity contribution in [1.29, 1.82) is 0 Å². The zero-order chi connectivity index (χ0) is 19.1. The van der Waals surface area contributed by atoms with Crippen LogP contribution in [-0.2, 0) is 14.3 Å². The summed E-state index contributed by atoms with van der Waals surface area (Å²) in [5, 5.41) is 3.08. The third kappa shape index (κ3) is 5.31. The van der Waals surface area contributed by atoms with Crippen molar-refractivity contribution in [1.82, 2.24) is 10.2 Å². The summed E-state index contributed by atoms with van der Waals surface area (Å²) >= 11 is 0. The molecule has 1 fully saturated rings. The first-order chi connectivity index (χ1) is 12.4. The highest BCUT2D eigenvalue weighted by Gasteiger charge is 2.40. The highest BCUT2D eigenvalue weighted by atomic mass is 16.5. The smallest absolute Gasteiger partial charge is 0.225 e. The Morgan fingerprint density at radius 3 is 2.62 bits per heavy atom. The highest BCUT2D eigenvalue weighted by Crippen LogP contribution is 2.37. The van der Waals surface area contributed by atoms with Crippen LogP contribution < -0.4 is 5.32 Å². The Morgan fingerprint density at radius 2 is 2.00 bits per heavy atom. The van der Waals surface area contributed by atoms with E-state index in [-0.39, 0.29) is 23.8 Å². The van der Waals surface area contributed by atoms with Crippen molar-refractivity contribution >= 4 is 11.8 Å². The molecule has 0 aromatic heterocycles. The predicted octanol–water partition coefficient (Wildman–Crippen LogP) is 3.08. The maximum absolute atomic E-state index is 12.9. The van der Waals surface area contributed by atoms with Crippen LogP contribution in [0, 0.1) is 18.8 Å². The molecule has 2 rings (SSSR count). The number of carbonyl (C=O) groups is 2. The van der Waals surface area contributed by atoms with E-state index in [4.69, 9.17) is 4.74 Å². The zero-order valence-electron chi connectivity index (χ0n) is 16.5. The molecular weight excluding hydrogens is 328 g/mol. The Kier molecular flexibility index (Phi) is 7.64. The van der Waals surface area contributed by atoms with E-state index in [1.807, 2.05) is 36.1 Å². The van der Waals surface area contributed by atoms with Crippen molar-refractivity contribution in [2.75, 3.05) is 26.8 Å². The number of hydrogen-bond donors (Lipinski definition) is 1. The Labute approximate surface area is 157 Å². The Hall–Kier alpha value is -1.88. The van der Waals surface area contributed by atoms with Crippen LogP contribution in [0.4, 0.5) is 0 Å². The van der Waals surface area contributed by atoms with Gasteiger partial charge in [0.15, 0.2) is 0 Å². The lowest BCUT2D eigenvalue weighted by atomic mass is 9.83. The van der Waals surface area contributed by atoms with Crippen molar-refractivity contribution in [3.8, 4) is 0 Å². The van der Waals surface area contributed by atoms with Crippen molar-refractivity contribution in [2.45, 2.75) is 46.1 Å². The summed E-state index contributed by atoms with van der Waals surface area (Å²) in [6, 6.07) is 7.92. The summed E-state index contributed by atoms with van der Waals surface area (Å²) < 4.78 is 5.19. The van der Waals surface area contributed by atoms with E-state index in [2.05, 4.69) is 19.2 Å². The summed E-state index contributed by atoms with van der Waals surface area (Å²) in [4.78, 5) is 27.3. The van der Waals surface area contributed by atoms with Gasteiger partial charge in [0.1, 0.15) is 0 Å². The molecule has 1 aromatic carbocycles. The van der Waals surface area contributed by atoms with Crippen LogP contribution in [0.1, 0.15) is 50.3 Å². The van der Waals surface area contributed by atoms with E-state index in [1.165, 1.54) is 0 Å². The third-order valence-electron chi connectivity index (χ3n) is 5.02. The molecule has 0 bridgehead atoms. The fourth-order valence-electron chi connectivity index (χ4n) is 3.47. The molecular formula is C21H32N2O3. The second kappa shape index (κ2) is 9.72. The lowest BCUT2D eigenvalue weighted by molar-refractivity contribution is -0.144. The number of rotatable bonds is 8. The predicted molar refractivity (Wildman–Crippen MR) is 103 cm³/mol. The average Bonchev–Trinajstić information content (AvgIpc) is 2.60. The second-order valence-electron chi connectivity index (χ2n) is 7.55. The molecule has 1 aromatic rings. The van der Waals surface area contributed by atoms with E-state index in [1.54, 1.807) is 7.11 Å². The molecule has 144 valence electrons. The van der Waals surface area contributed by atoms with Crippen LogP contribution in [0.25, 0.3) is 0 Å².